The summed E-state index contributed by atoms with van der Waals surface area (Å²) >= 11 is 0. The second-order valence-electron chi connectivity index (χ2n) is 11.1. The predicted molar refractivity (Wildman–Crippen MR) is 162 cm³/mol. The first-order chi connectivity index (χ1) is 21.5. The number of amides is 1. The van der Waals surface area contributed by atoms with Gasteiger partial charge in [0, 0.05) is 62.2 Å². The highest BCUT2D eigenvalue weighted by molar-refractivity contribution is 5.77. The monoisotopic (exact) mass is 602 g/mol. The number of carbonyl (C=O) groups is 1. The van der Waals surface area contributed by atoms with Crippen LogP contribution in [0.3, 0.4) is 0 Å². The molecule has 1 amide bonds. The Balaban J connectivity index is 1.06. The maximum Gasteiger partial charge on any atom is 0.244 e. The lowest BCUT2D eigenvalue weighted by Crippen LogP contribution is -2.50. The molecule has 0 N–H and O–H groups in total. The first-order valence-corrected chi connectivity index (χ1v) is 15.1. The molecule has 0 aliphatic carbocycles. The van der Waals surface area contributed by atoms with Crippen molar-refractivity contribution in [2.45, 2.75) is 25.8 Å². The van der Waals surface area contributed by atoms with Gasteiger partial charge < -0.3 is 14.5 Å². The molecule has 2 aliphatic rings. The van der Waals surface area contributed by atoms with Crippen LogP contribution in [0.15, 0.2) is 60.9 Å². The van der Waals surface area contributed by atoms with Crippen molar-refractivity contribution >= 4 is 11.7 Å². The molecule has 4 aromatic rings. The van der Waals surface area contributed by atoms with Crippen molar-refractivity contribution in [3.05, 3.63) is 78.3 Å². The van der Waals surface area contributed by atoms with Gasteiger partial charge in [-0.25, -0.2) is 28.4 Å². The molecule has 2 aliphatic heterocycles. The Morgan fingerprint density at radius 3 is 2.20 bits per heavy atom. The second kappa shape index (κ2) is 14.0. The Kier molecular flexibility index (Phi) is 9.47. The third kappa shape index (κ3) is 7.43. The number of nitrogens with zero attached hydrogens (tertiary/aromatic N) is 8. The van der Waals surface area contributed by atoms with Gasteiger partial charge in [-0.2, -0.15) is 0 Å². The van der Waals surface area contributed by atoms with E-state index >= 15 is 0 Å². The normalized spacial score (nSPS) is 16.0. The first kappa shape index (κ1) is 29.8. The summed E-state index contributed by atoms with van der Waals surface area (Å²) in [6.07, 6.45) is 4.73. The molecule has 0 unspecified atom stereocenters. The third-order valence-electron chi connectivity index (χ3n) is 8.09. The van der Waals surface area contributed by atoms with Gasteiger partial charge in [0.15, 0.2) is 11.6 Å². The molecule has 10 nitrogen and oxygen atoms in total. The van der Waals surface area contributed by atoms with Crippen LogP contribution >= 0.6 is 0 Å². The fraction of sp³-hybridized carbons (Fsp3) is 0.406. The SMILES string of the molecule is O=C(Cn1nc(-c2ccc(F)cc2)nc1-c1ccc(F)cc1)N1CCN(c2cc(CCCCN3CCOCC3)ncn2)CC1. The van der Waals surface area contributed by atoms with Gasteiger partial charge in [0.05, 0.1) is 13.2 Å². The average Bonchev–Trinajstić information content (AvgIpc) is 3.48. The van der Waals surface area contributed by atoms with Crippen LogP contribution in [-0.2, 0) is 22.5 Å². The third-order valence-corrected chi connectivity index (χ3v) is 8.09. The van der Waals surface area contributed by atoms with E-state index in [9.17, 15) is 13.6 Å². The van der Waals surface area contributed by atoms with Crippen LogP contribution < -0.4 is 4.90 Å². The predicted octanol–water partition coefficient (Wildman–Crippen LogP) is 3.68. The van der Waals surface area contributed by atoms with Gasteiger partial charge in [0.1, 0.15) is 30.3 Å². The maximum absolute atomic E-state index is 13.6. The molecular formula is C32H36F2N8O2. The summed E-state index contributed by atoms with van der Waals surface area (Å²) < 4.78 is 34.1. The zero-order chi connectivity index (χ0) is 30.3. The molecule has 0 radical (unpaired) electrons. The number of morpholine rings is 1. The van der Waals surface area contributed by atoms with Gasteiger partial charge in [-0.05, 0) is 74.3 Å². The molecule has 2 aromatic heterocycles. The van der Waals surface area contributed by atoms with Gasteiger partial charge in [-0.3, -0.25) is 9.69 Å². The van der Waals surface area contributed by atoms with Crippen LogP contribution in [0.5, 0.6) is 0 Å². The summed E-state index contributed by atoms with van der Waals surface area (Å²) in [5.74, 6) is 0.865. The fourth-order valence-corrected chi connectivity index (χ4v) is 5.56. The Labute approximate surface area is 255 Å². The van der Waals surface area contributed by atoms with Crippen molar-refractivity contribution in [3.63, 3.8) is 0 Å². The first-order valence-electron chi connectivity index (χ1n) is 15.1. The van der Waals surface area contributed by atoms with E-state index < -0.39 is 0 Å². The van der Waals surface area contributed by atoms with Gasteiger partial charge in [0.2, 0.25) is 5.91 Å². The Bertz CT molecular complexity index is 1530. The zero-order valence-corrected chi connectivity index (χ0v) is 24.6. The molecule has 12 heteroatoms. The Hall–Kier alpha value is -4.29. The Morgan fingerprint density at radius 1 is 0.818 bits per heavy atom. The molecule has 2 aromatic carbocycles. The van der Waals surface area contributed by atoms with Gasteiger partial charge >= 0.3 is 0 Å². The van der Waals surface area contributed by atoms with Gasteiger partial charge in [0.25, 0.3) is 0 Å². The average molecular weight is 603 g/mol. The lowest BCUT2D eigenvalue weighted by Gasteiger charge is -2.35. The molecule has 0 bridgehead atoms. The highest BCUT2D eigenvalue weighted by Crippen LogP contribution is 2.24. The molecule has 4 heterocycles. The molecule has 0 saturated carbocycles. The summed E-state index contributed by atoms with van der Waals surface area (Å²) in [5.41, 5.74) is 2.29. The van der Waals surface area contributed by atoms with E-state index in [1.807, 2.05) is 4.90 Å². The largest absolute Gasteiger partial charge is 0.379 e. The summed E-state index contributed by atoms with van der Waals surface area (Å²) in [7, 11) is 0. The number of piperazine rings is 1. The van der Waals surface area contributed by atoms with Crippen molar-refractivity contribution in [2.75, 3.05) is 63.9 Å². The van der Waals surface area contributed by atoms with Crippen LogP contribution in [0.1, 0.15) is 18.5 Å². The van der Waals surface area contributed by atoms with E-state index in [1.54, 1.807) is 30.6 Å². The number of carbonyl (C=O) groups excluding carboxylic acids is 1. The molecule has 0 atom stereocenters. The van der Waals surface area contributed by atoms with Crippen LogP contribution in [-0.4, -0.2) is 99.5 Å². The van der Waals surface area contributed by atoms with E-state index in [2.05, 4.69) is 35.9 Å². The fourth-order valence-electron chi connectivity index (χ4n) is 5.56. The number of unbranched alkanes of at least 4 members (excludes halogenated alkanes) is 1. The minimum Gasteiger partial charge on any atom is -0.379 e. The van der Waals surface area contributed by atoms with Gasteiger partial charge in [-0.15, -0.1) is 5.10 Å². The van der Waals surface area contributed by atoms with Crippen molar-refractivity contribution in [1.29, 1.82) is 0 Å². The maximum atomic E-state index is 13.6. The van der Waals surface area contributed by atoms with E-state index in [1.165, 1.54) is 28.9 Å². The number of hydrogen-bond donors (Lipinski definition) is 0. The molecule has 230 valence electrons. The summed E-state index contributed by atoms with van der Waals surface area (Å²) in [6.45, 7) is 7.13. The van der Waals surface area contributed by atoms with Crippen LogP contribution in [0.4, 0.5) is 14.6 Å². The van der Waals surface area contributed by atoms with Crippen molar-refractivity contribution in [2.24, 2.45) is 0 Å². The summed E-state index contributed by atoms with van der Waals surface area (Å²) in [6, 6.07) is 13.8. The van der Waals surface area contributed by atoms with Crippen molar-refractivity contribution in [1.82, 2.24) is 34.5 Å². The number of hydrogen-bond acceptors (Lipinski definition) is 8. The summed E-state index contributed by atoms with van der Waals surface area (Å²) in [5, 5.41) is 4.58. The van der Waals surface area contributed by atoms with Crippen molar-refractivity contribution < 1.29 is 18.3 Å². The van der Waals surface area contributed by atoms with E-state index in [0.717, 1.165) is 63.6 Å². The highest BCUT2D eigenvalue weighted by Gasteiger charge is 2.24. The Morgan fingerprint density at radius 2 is 1.50 bits per heavy atom. The minimum absolute atomic E-state index is 0.0248. The molecular weight excluding hydrogens is 566 g/mol. The molecule has 2 saturated heterocycles. The second-order valence-corrected chi connectivity index (χ2v) is 11.1. The molecule has 0 spiro atoms. The number of benzene rings is 2. The number of anilines is 1. The smallest absolute Gasteiger partial charge is 0.244 e. The topological polar surface area (TPSA) is 92.5 Å². The van der Waals surface area contributed by atoms with E-state index in [0.29, 0.717) is 49.0 Å². The van der Waals surface area contributed by atoms with Crippen LogP contribution in [0, 0.1) is 11.6 Å². The van der Waals surface area contributed by atoms with E-state index in [-0.39, 0.29) is 24.1 Å². The lowest BCUT2D eigenvalue weighted by atomic mass is 10.1. The summed E-state index contributed by atoms with van der Waals surface area (Å²) in [4.78, 5) is 33.5. The number of halogens is 2. The number of aromatic nitrogens is 5. The van der Waals surface area contributed by atoms with Crippen LogP contribution in [0.2, 0.25) is 0 Å². The van der Waals surface area contributed by atoms with E-state index in [4.69, 9.17) is 4.74 Å². The molecule has 6 rings (SSSR count). The lowest BCUT2D eigenvalue weighted by molar-refractivity contribution is -0.132. The van der Waals surface area contributed by atoms with Crippen LogP contribution in [0.25, 0.3) is 22.8 Å². The van der Waals surface area contributed by atoms with Gasteiger partial charge in [-0.1, -0.05) is 0 Å². The van der Waals surface area contributed by atoms with Crippen molar-refractivity contribution in [3.8, 4) is 22.8 Å². The molecule has 2 fully saturated rings. The quantitative estimate of drug-likeness (QED) is 0.254. The number of aryl methyl sites for hydroxylation is 1. The number of rotatable bonds is 10. The number of ether oxygens (including phenoxy) is 1. The standard InChI is InChI=1S/C32H36F2N8O2/c33-26-8-4-24(5-9-26)31-37-32(25-6-10-27(34)11-7-25)42(38-31)22-30(43)41-15-13-40(14-16-41)29-21-28(35-23-36-29)3-1-2-12-39-17-19-44-20-18-39/h4-11,21,23H,1-3,12-20,22H2. The molecule has 44 heavy (non-hydrogen) atoms. The highest BCUT2D eigenvalue weighted by atomic mass is 19.1. The minimum atomic E-state index is -0.368. The zero-order valence-electron chi connectivity index (χ0n) is 24.6.